The van der Waals surface area contributed by atoms with Crippen LogP contribution < -0.4 is 14.8 Å². The van der Waals surface area contributed by atoms with Crippen molar-refractivity contribution >= 4 is 21.9 Å². The molecule has 1 aliphatic rings. The monoisotopic (exact) mass is 472 g/mol. The molecule has 2 heterocycles. The molecule has 1 amide bonds. The van der Waals surface area contributed by atoms with Crippen molar-refractivity contribution in [1.82, 2.24) is 14.5 Å². The molecule has 11 heteroatoms. The molecule has 4 rings (SSSR count). The Bertz CT molecular complexity index is 1230. The number of nitrogens with zero attached hydrogens (tertiary/aromatic N) is 3. The van der Waals surface area contributed by atoms with E-state index in [1.54, 1.807) is 18.2 Å². The van der Waals surface area contributed by atoms with Crippen LogP contribution in [0.1, 0.15) is 29.6 Å². The summed E-state index contributed by atoms with van der Waals surface area (Å²) in [4.78, 5) is 12.8. The summed E-state index contributed by atoms with van der Waals surface area (Å²) < 4.78 is 43.2. The van der Waals surface area contributed by atoms with Gasteiger partial charge in [-0.25, -0.2) is 8.42 Å². The molecule has 1 fully saturated rings. The van der Waals surface area contributed by atoms with Gasteiger partial charge in [-0.1, -0.05) is 17.6 Å². The second kappa shape index (κ2) is 9.59. The van der Waals surface area contributed by atoms with Crippen molar-refractivity contribution in [3.63, 3.8) is 0 Å². The Morgan fingerprint density at radius 3 is 2.39 bits per heavy atom. The number of aromatic nitrogens is 2. The van der Waals surface area contributed by atoms with Crippen molar-refractivity contribution in [3.05, 3.63) is 48.0 Å². The first kappa shape index (κ1) is 22.7. The maximum absolute atomic E-state index is 12.8. The molecule has 0 aliphatic carbocycles. The summed E-state index contributed by atoms with van der Waals surface area (Å²) in [5.74, 6) is 0.555. The number of carbonyl (C=O) groups is 1. The van der Waals surface area contributed by atoms with Gasteiger partial charge in [0.2, 0.25) is 10.0 Å². The summed E-state index contributed by atoms with van der Waals surface area (Å²) in [5, 5.41) is 10.3. The van der Waals surface area contributed by atoms with Crippen molar-refractivity contribution in [2.24, 2.45) is 0 Å². The first-order valence-electron chi connectivity index (χ1n) is 10.4. The minimum atomic E-state index is -3.56. The van der Waals surface area contributed by atoms with E-state index in [0.717, 1.165) is 19.3 Å². The third-order valence-corrected chi connectivity index (χ3v) is 7.26. The average Bonchev–Trinajstić information content (AvgIpc) is 3.32. The van der Waals surface area contributed by atoms with Gasteiger partial charge >= 0.3 is 6.01 Å². The lowest BCUT2D eigenvalue weighted by molar-refractivity contribution is 0.102. The topological polar surface area (TPSA) is 124 Å². The van der Waals surface area contributed by atoms with Crippen molar-refractivity contribution < 1.29 is 27.1 Å². The van der Waals surface area contributed by atoms with Crippen molar-refractivity contribution in [2.45, 2.75) is 24.2 Å². The number of ether oxygens (including phenoxy) is 2. The number of rotatable bonds is 7. The van der Waals surface area contributed by atoms with Crippen LogP contribution in [0.5, 0.6) is 11.5 Å². The standard InChI is InChI=1S/C22H24N4O6S/c1-30-18-8-6-7-17(19(18)31-2)21-24-25-22(32-21)23-20(27)15-9-11-16(12-10-15)33(28,29)26-13-4-3-5-14-26/h6-12H,3-5,13-14H2,1-2H3,(H,23,25,27). The number of sulfonamides is 1. The van der Waals surface area contributed by atoms with Crippen LogP contribution in [-0.4, -0.2) is 56.1 Å². The number of anilines is 1. The van der Waals surface area contributed by atoms with Crippen LogP contribution in [0.3, 0.4) is 0 Å². The highest BCUT2D eigenvalue weighted by Crippen LogP contribution is 2.37. The van der Waals surface area contributed by atoms with Gasteiger partial charge in [-0.2, -0.15) is 4.31 Å². The molecule has 1 aliphatic heterocycles. The van der Waals surface area contributed by atoms with Gasteiger partial charge in [0.25, 0.3) is 11.8 Å². The fourth-order valence-electron chi connectivity index (χ4n) is 3.64. The Hall–Kier alpha value is -3.44. The molecular formula is C22H24N4O6S. The van der Waals surface area contributed by atoms with Crippen LogP contribution >= 0.6 is 0 Å². The minimum Gasteiger partial charge on any atom is -0.493 e. The second-order valence-corrected chi connectivity index (χ2v) is 9.33. The van der Waals surface area contributed by atoms with Gasteiger partial charge in [0.1, 0.15) is 0 Å². The highest BCUT2D eigenvalue weighted by atomic mass is 32.2. The third kappa shape index (κ3) is 4.69. The van der Waals surface area contributed by atoms with E-state index in [9.17, 15) is 13.2 Å². The lowest BCUT2D eigenvalue weighted by Crippen LogP contribution is -2.35. The van der Waals surface area contributed by atoms with Gasteiger partial charge in [-0.05, 0) is 49.2 Å². The fraction of sp³-hybridized carbons (Fsp3) is 0.318. The van der Waals surface area contributed by atoms with Crippen molar-refractivity contribution in [3.8, 4) is 23.0 Å². The normalized spacial score (nSPS) is 14.6. The van der Waals surface area contributed by atoms with Gasteiger partial charge < -0.3 is 13.9 Å². The molecule has 0 saturated carbocycles. The number of nitrogens with one attached hydrogen (secondary N) is 1. The minimum absolute atomic E-state index is 0.107. The van der Waals surface area contributed by atoms with E-state index >= 15 is 0 Å². The molecule has 0 radical (unpaired) electrons. The van der Waals surface area contributed by atoms with E-state index in [0.29, 0.717) is 30.2 Å². The van der Waals surface area contributed by atoms with E-state index < -0.39 is 15.9 Å². The summed E-state index contributed by atoms with van der Waals surface area (Å²) in [5.41, 5.74) is 0.767. The SMILES string of the molecule is COc1cccc(-c2nnc(NC(=O)c3ccc(S(=O)(=O)N4CCCCC4)cc3)o2)c1OC. The highest BCUT2D eigenvalue weighted by molar-refractivity contribution is 7.89. The van der Waals surface area contributed by atoms with Gasteiger partial charge in [0, 0.05) is 18.7 Å². The van der Waals surface area contributed by atoms with Crippen LogP contribution in [-0.2, 0) is 10.0 Å². The number of methoxy groups -OCH3 is 2. The Kier molecular flexibility index (Phi) is 6.61. The number of piperidine rings is 1. The maximum atomic E-state index is 12.8. The summed E-state index contributed by atoms with van der Waals surface area (Å²) in [6.07, 6.45) is 2.74. The molecular weight excluding hydrogens is 448 g/mol. The van der Waals surface area contributed by atoms with Crippen LogP contribution in [0.15, 0.2) is 51.8 Å². The number of hydrogen-bond donors (Lipinski definition) is 1. The zero-order valence-corrected chi connectivity index (χ0v) is 19.1. The van der Waals surface area contributed by atoms with E-state index in [-0.39, 0.29) is 22.4 Å². The second-order valence-electron chi connectivity index (χ2n) is 7.40. The molecule has 2 aromatic carbocycles. The van der Waals surface area contributed by atoms with E-state index in [4.69, 9.17) is 13.9 Å². The number of benzene rings is 2. The first-order chi connectivity index (χ1) is 15.9. The first-order valence-corrected chi connectivity index (χ1v) is 11.8. The summed E-state index contributed by atoms with van der Waals surface area (Å²) in [7, 11) is -0.551. The summed E-state index contributed by atoms with van der Waals surface area (Å²) in [6.45, 7) is 1.03. The van der Waals surface area contributed by atoms with Crippen LogP contribution in [0.4, 0.5) is 6.01 Å². The molecule has 0 spiro atoms. The maximum Gasteiger partial charge on any atom is 0.322 e. The predicted octanol–water partition coefficient (Wildman–Crippen LogP) is 3.18. The van der Waals surface area contributed by atoms with Gasteiger partial charge in [-0.3, -0.25) is 10.1 Å². The van der Waals surface area contributed by atoms with Gasteiger partial charge in [0.15, 0.2) is 11.5 Å². The highest BCUT2D eigenvalue weighted by Gasteiger charge is 2.26. The molecule has 1 aromatic heterocycles. The Morgan fingerprint density at radius 1 is 1.00 bits per heavy atom. The number of amides is 1. The molecule has 0 bridgehead atoms. The Morgan fingerprint density at radius 2 is 1.73 bits per heavy atom. The average molecular weight is 473 g/mol. The van der Waals surface area contributed by atoms with Gasteiger partial charge in [0.05, 0.1) is 24.7 Å². The Balaban J connectivity index is 1.48. The number of hydrogen-bond acceptors (Lipinski definition) is 8. The van der Waals surface area contributed by atoms with Crippen LogP contribution in [0.25, 0.3) is 11.5 Å². The quantitative estimate of drug-likeness (QED) is 0.556. The Labute approximate surface area is 191 Å². The van der Waals surface area contributed by atoms with E-state index in [2.05, 4.69) is 15.5 Å². The molecule has 174 valence electrons. The summed E-state index contributed by atoms with van der Waals surface area (Å²) in [6, 6.07) is 10.9. The lowest BCUT2D eigenvalue weighted by Gasteiger charge is -2.25. The van der Waals surface area contributed by atoms with Crippen LogP contribution in [0.2, 0.25) is 0 Å². The molecule has 10 nitrogen and oxygen atoms in total. The molecule has 1 saturated heterocycles. The number of carbonyl (C=O) groups excluding carboxylic acids is 1. The molecule has 1 N–H and O–H groups in total. The van der Waals surface area contributed by atoms with E-state index in [1.165, 1.54) is 42.8 Å². The molecule has 33 heavy (non-hydrogen) atoms. The molecule has 0 atom stereocenters. The van der Waals surface area contributed by atoms with Crippen molar-refractivity contribution in [1.29, 1.82) is 0 Å². The number of para-hydroxylation sites is 1. The molecule has 0 unspecified atom stereocenters. The fourth-order valence-corrected chi connectivity index (χ4v) is 5.16. The zero-order valence-electron chi connectivity index (χ0n) is 18.3. The smallest absolute Gasteiger partial charge is 0.322 e. The molecule has 3 aromatic rings. The largest absolute Gasteiger partial charge is 0.493 e. The zero-order chi connectivity index (χ0) is 23.4. The predicted molar refractivity (Wildman–Crippen MR) is 120 cm³/mol. The van der Waals surface area contributed by atoms with Crippen molar-refractivity contribution in [2.75, 3.05) is 32.6 Å². The van der Waals surface area contributed by atoms with E-state index in [1.807, 2.05) is 0 Å². The van der Waals surface area contributed by atoms with Crippen LogP contribution in [0, 0.1) is 0 Å². The summed E-state index contributed by atoms with van der Waals surface area (Å²) >= 11 is 0. The van der Waals surface area contributed by atoms with Gasteiger partial charge in [-0.15, -0.1) is 5.10 Å². The third-order valence-electron chi connectivity index (χ3n) is 5.35. The lowest BCUT2D eigenvalue weighted by atomic mass is 10.2.